The van der Waals surface area contributed by atoms with Gasteiger partial charge in [0, 0.05) is 18.9 Å². The summed E-state index contributed by atoms with van der Waals surface area (Å²) in [7, 11) is -2.24. The van der Waals surface area contributed by atoms with Crippen molar-refractivity contribution in [3.63, 3.8) is 0 Å². The van der Waals surface area contributed by atoms with Crippen LogP contribution in [0.3, 0.4) is 0 Å². The standard InChI is InChI=1S/C21H17N3O4S2/c1-28-16-4-7-20(23-12-16)30(26,27)17-5-2-14(3-6-17)11-24-21(25)18-10-15-8-9-22-13-19(15)29-18/h2-10,12-13H,11H2,1H3,(H,24,25). The molecule has 7 nitrogen and oxygen atoms in total. The average molecular weight is 440 g/mol. The number of rotatable bonds is 6. The zero-order chi connectivity index (χ0) is 21.1. The number of methoxy groups -OCH3 is 1. The van der Waals surface area contributed by atoms with Gasteiger partial charge in [-0.3, -0.25) is 9.78 Å². The van der Waals surface area contributed by atoms with Crippen LogP contribution in [0.4, 0.5) is 0 Å². The van der Waals surface area contributed by atoms with E-state index < -0.39 is 9.84 Å². The lowest BCUT2D eigenvalue weighted by atomic mass is 10.2. The van der Waals surface area contributed by atoms with Crippen LogP contribution in [0.15, 0.2) is 77.0 Å². The first kappa shape index (κ1) is 20.0. The van der Waals surface area contributed by atoms with Gasteiger partial charge in [-0.25, -0.2) is 13.4 Å². The Morgan fingerprint density at radius 3 is 2.57 bits per heavy atom. The molecule has 0 saturated carbocycles. The van der Waals surface area contributed by atoms with Crippen LogP contribution in [-0.4, -0.2) is 31.4 Å². The second kappa shape index (κ2) is 8.21. The Morgan fingerprint density at radius 1 is 1.10 bits per heavy atom. The van der Waals surface area contributed by atoms with Gasteiger partial charge in [0.05, 0.1) is 27.8 Å². The van der Waals surface area contributed by atoms with Crippen LogP contribution in [0.5, 0.6) is 5.75 Å². The van der Waals surface area contributed by atoms with E-state index in [4.69, 9.17) is 4.74 Å². The van der Waals surface area contributed by atoms with E-state index in [0.29, 0.717) is 10.6 Å². The number of nitrogens with one attached hydrogen (secondary N) is 1. The van der Waals surface area contributed by atoms with Gasteiger partial charge in [-0.2, -0.15) is 0 Å². The smallest absolute Gasteiger partial charge is 0.261 e. The Balaban J connectivity index is 1.44. The highest BCUT2D eigenvalue weighted by molar-refractivity contribution is 7.91. The molecule has 0 saturated heterocycles. The van der Waals surface area contributed by atoms with Crippen molar-refractivity contribution in [3.05, 3.63) is 77.6 Å². The zero-order valence-electron chi connectivity index (χ0n) is 15.9. The lowest BCUT2D eigenvalue weighted by molar-refractivity contribution is 0.0955. The van der Waals surface area contributed by atoms with Crippen LogP contribution in [0.2, 0.25) is 0 Å². The van der Waals surface area contributed by atoms with Gasteiger partial charge in [0.25, 0.3) is 5.91 Å². The van der Waals surface area contributed by atoms with Crippen molar-refractivity contribution in [1.29, 1.82) is 0 Å². The second-order valence-corrected chi connectivity index (χ2v) is 9.37. The molecule has 0 bridgehead atoms. The molecule has 0 atom stereocenters. The van der Waals surface area contributed by atoms with Crippen molar-refractivity contribution in [2.75, 3.05) is 7.11 Å². The minimum Gasteiger partial charge on any atom is -0.495 e. The van der Waals surface area contributed by atoms with Crippen LogP contribution < -0.4 is 10.1 Å². The van der Waals surface area contributed by atoms with E-state index in [2.05, 4.69) is 15.3 Å². The quantitative estimate of drug-likeness (QED) is 0.494. The fourth-order valence-electron chi connectivity index (χ4n) is 2.82. The monoisotopic (exact) mass is 439 g/mol. The van der Waals surface area contributed by atoms with E-state index in [1.807, 2.05) is 12.1 Å². The minimum atomic E-state index is -3.73. The Bertz CT molecular complexity index is 1270. The number of thiophene rings is 1. The highest BCUT2D eigenvalue weighted by Gasteiger charge is 2.19. The number of ether oxygens (including phenoxy) is 1. The van der Waals surface area contributed by atoms with Crippen molar-refractivity contribution in [1.82, 2.24) is 15.3 Å². The van der Waals surface area contributed by atoms with E-state index in [0.717, 1.165) is 15.6 Å². The third kappa shape index (κ3) is 4.03. The molecular formula is C21H17N3O4S2. The fourth-order valence-corrected chi connectivity index (χ4v) is 4.94. The summed E-state index contributed by atoms with van der Waals surface area (Å²) in [6, 6.07) is 13.0. The fraction of sp³-hybridized carbons (Fsp3) is 0.0952. The number of hydrogen-bond donors (Lipinski definition) is 1. The molecule has 4 rings (SSSR count). The molecule has 0 aliphatic rings. The third-order valence-corrected chi connectivity index (χ3v) is 7.22. The first-order valence-electron chi connectivity index (χ1n) is 8.93. The van der Waals surface area contributed by atoms with Gasteiger partial charge in [0.2, 0.25) is 9.84 Å². The van der Waals surface area contributed by atoms with E-state index in [1.54, 1.807) is 30.6 Å². The maximum atomic E-state index is 12.7. The van der Waals surface area contributed by atoms with E-state index in [9.17, 15) is 13.2 Å². The molecule has 0 unspecified atom stereocenters. The minimum absolute atomic E-state index is 0.0522. The van der Waals surface area contributed by atoms with Gasteiger partial charge >= 0.3 is 0 Å². The van der Waals surface area contributed by atoms with E-state index in [1.165, 1.54) is 42.8 Å². The summed E-state index contributed by atoms with van der Waals surface area (Å²) in [5.41, 5.74) is 0.785. The number of hydrogen-bond acceptors (Lipinski definition) is 7. The van der Waals surface area contributed by atoms with Gasteiger partial charge in [0.1, 0.15) is 5.75 Å². The molecule has 0 aliphatic carbocycles. The van der Waals surface area contributed by atoms with Crippen LogP contribution in [0.25, 0.3) is 10.1 Å². The van der Waals surface area contributed by atoms with Gasteiger partial charge in [-0.05, 0) is 47.3 Å². The summed E-state index contributed by atoms with van der Waals surface area (Å²) in [5, 5.41) is 3.78. The second-order valence-electron chi connectivity index (χ2n) is 6.39. The predicted octanol–water partition coefficient (Wildman–Crippen LogP) is 3.46. The average Bonchev–Trinajstić information content (AvgIpc) is 3.22. The highest BCUT2D eigenvalue weighted by Crippen LogP contribution is 2.24. The SMILES string of the molecule is COc1ccc(S(=O)(=O)c2ccc(CNC(=O)c3cc4ccncc4s3)cc2)nc1. The molecule has 152 valence electrons. The molecule has 0 spiro atoms. The Hall–Kier alpha value is -3.30. The number of benzene rings is 1. The van der Waals surface area contributed by atoms with E-state index >= 15 is 0 Å². The number of nitrogens with zero attached hydrogens (tertiary/aromatic N) is 2. The molecule has 30 heavy (non-hydrogen) atoms. The van der Waals surface area contributed by atoms with Crippen molar-refractivity contribution in [2.24, 2.45) is 0 Å². The number of amides is 1. The van der Waals surface area contributed by atoms with Gasteiger partial charge in [0.15, 0.2) is 5.03 Å². The lowest BCUT2D eigenvalue weighted by Gasteiger charge is -2.07. The molecular weight excluding hydrogens is 422 g/mol. The zero-order valence-corrected chi connectivity index (χ0v) is 17.5. The van der Waals surface area contributed by atoms with Crippen molar-refractivity contribution >= 4 is 37.2 Å². The molecule has 1 amide bonds. The molecule has 1 N–H and O–H groups in total. The highest BCUT2D eigenvalue weighted by atomic mass is 32.2. The summed E-state index contributed by atoms with van der Waals surface area (Å²) in [5.74, 6) is 0.297. The number of carbonyl (C=O) groups excluding carboxylic acids is 1. The first-order chi connectivity index (χ1) is 14.5. The molecule has 3 heterocycles. The van der Waals surface area contributed by atoms with Crippen LogP contribution in [0, 0.1) is 0 Å². The number of fused-ring (bicyclic) bond motifs is 1. The number of aromatic nitrogens is 2. The van der Waals surface area contributed by atoms with Gasteiger partial charge < -0.3 is 10.1 Å². The van der Waals surface area contributed by atoms with Crippen molar-refractivity contribution < 1.29 is 17.9 Å². The maximum Gasteiger partial charge on any atom is 0.261 e. The normalized spacial score (nSPS) is 11.4. The molecule has 1 aromatic carbocycles. The van der Waals surface area contributed by atoms with Crippen LogP contribution >= 0.6 is 11.3 Å². The summed E-state index contributed by atoms with van der Waals surface area (Å²) in [6.45, 7) is 0.284. The van der Waals surface area contributed by atoms with Crippen LogP contribution in [-0.2, 0) is 16.4 Å². The summed E-state index contributed by atoms with van der Waals surface area (Å²) >= 11 is 1.38. The van der Waals surface area contributed by atoms with E-state index in [-0.39, 0.29) is 22.4 Å². The molecule has 0 radical (unpaired) electrons. The summed E-state index contributed by atoms with van der Waals surface area (Å²) in [6.07, 6.45) is 4.78. The number of sulfone groups is 1. The Morgan fingerprint density at radius 2 is 1.90 bits per heavy atom. The van der Waals surface area contributed by atoms with Gasteiger partial charge in [-0.1, -0.05) is 12.1 Å². The molecule has 0 aliphatic heterocycles. The molecule has 0 fully saturated rings. The lowest BCUT2D eigenvalue weighted by Crippen LogP contribution is -2.21. The molecule has 4 aromatic rings. The Labute approximate surface area is 177 Å². The maximum absolute atomic E-state index is 12.7. The third-order valence-electron chi connectivity index (χ3n) is 4.45. The van der Waals surface area contributed by atoms with Crippen LogP contribution in [0.1, 0.15) is 15.2 Å². The van der Waals surface area contributed by atoms with Crippen molar-refractivity contribution in [2.45, 2.75) is 16.5 Å². The molecule has 9 heteroatoms. The summed E-state index contributed by atoms with van der Waals surface area (Å²) < 4.78 is 31.4. The molecule has 3 aromatic heterocycles. The number of pyridine rings is 2. The number of carbonyl (C=O) groups is 1. The first-order valence-corrected chi connectivity index (χ1v) is 11.2. The topological polar surface area (TPSA) is 98.2 Å². The largest absolute Gasteiger partial charge is 0.495 e. The Kier molecular flexibility index (Phi) is 5.47. The van der Waals surface area contributed by atoms with Gasteiger partial charge in [-0.15, -0.1) is 11.3 Å². The predicted molar refractivity (Wildman–Crippen MR) is 113 cm³/mol. The van der Waals surface area contributed by atoms with Crippen molar-refractivity contribution in [3.8, 4) is 5.75 Å². The summed E-state index contributed by atoms with van der Waals surface area (Å²) in [4.78, 5) is 21.2.